The predicted octanol–water partition coefficient (Wildman–Crippen LogP) is 6.09. The lowest BCUT2D eigenvalue weighted by atomic mass is 9.86. The summed E-state index contributed by atoms with van der Waals surface area (Å²) in [4.78, 5) is 32.5. The van der Waals surface area contributed by atoms with Gasteiger partial charge in [0.15, 0.2) is 0 Å². The van der Waals surface area contributed by atoms with Gasteiger partial charge < -0.3 is 14.6 Å². The minimum Gasteiger partial charge on any atom is -0.496 e. The van der Waals surface area contributed by atoms with E-state index in [4.69, 9.17) is 9.47 Å². The molecule has 1 saturated carbocycles. The minimum absolute atomic E-state index is 0.00111. The molecule has 0 aliphatic heterocycles. The Kier molecular flexibility index (Phi) is 8.12. The Labute approximate surface area is 234 Å². The van der Waals surface area contributed by atoms with Crippen LogP contribution in [0.15, 0.2) is 72.9 Å². The molecule has 0 bridgehead atoms. The van der Waals surface area contributed by atoms with Gasteiger partial charge in [0.25, 0.3) is 0 Å². The number of aliphatic hydroxyl groups excluding tert-OH is 1. The van der Waals surface area contributed by atoms with Crippen molar-refractivity contribution >= 4 is 28.5 Å². The Morgan fingerprint density at radius 1 is 0.925 bits per heavy atom. The van der Waals surface area contributed by atoms with Crippen LogP contribution < -0.4 is 9.64 Å². The maximum absolute atomic E-state index is 14.0. The average molecular weight is 539 g/mol. The first-order valence-corrected chi connectivity index (χ1v) is 13.6. The van der Waals surface area contributed by atoms with Gasteiger partial charge in [0.1, 0.15) is 11.6 Å². The molecule has 1 aromatic heterocycles. The molecule has 1 fully saturated rings. The molecule has 0 unspecified atom stereocenters. The van der Waals surface area contributed by atoms with Crippen LogP contribution in [-0.2, 0) is 16.1 Å². The molecule has 206 valence electrons. The molecule has 1 heterocycles. The normalized spacial score (nSPS) is 16.9. The van der Waals surface area contributed by atoms with Gasteiger partial charge in [-0.15, -0.1) is 0 Å². The van der Waals surface area contributed by atoms with Crippen LogP contribution in [0.3, 0.4) is 0 Å². The highest BCUT2D eigenvalue weighted by Crippen LogP contribution is 2.33. The van der Waals surface area contributed by atoms with Gasteiger partial charge in [-0.25, -0.2) is 9.78 Å². The van der Waals surface area contributed by atoms with E-state index in [9.17, 15) is 14.7 Å². The van der Waals surface area contributed by atoms with Crippen molar-refractivity contribution in [3.63, 3.8) is 0 Å². The summed E-state index contributed by atoms with van der Waals surface area (Å²) in [5.41, 5.74) is 4.65. The lowest BCUT2D eigenvalue weighted by Crippen LogP contribution is -2.38. The number of esters is 1. The second kappa shape index (κ2) is 11.9. The van der Waals surface area contributed by atoms with Crippen LogP contribution in [0.4, 0.5) is 5.82 Å². The summed E-state index contributed by atoms with van der Waals surface area (Å²) in [5, 5.41) is 11.6. The van der Waals surface area contributed by atoms with Crippen molar-refractivity contribution in [3.8, 4) is 16.9 Å². The van der Waals surface area contributed by atoms with Crippen molar-refractivity contribution in [3.05, 3.63) is 89.6 Å². The SMILES string of the molecule is COC(=O)c1ccc2c(N(Cc3ccc(-c4ccc(OC)c(C)c4)cc3)C(=O)[C@H]3CC[C@H](O)CC3)nccc2c1. The molecule has 40 heavy (non-hydrogen) atoms. The Morgan fingerprint density at radius 3 is 2.33 bits per heavy atom. The van der Waals surface area contributed by atoms with E-state index in [1.807, 2.05) is 43.3 Å². The van der Waals surface area contributed by atoms with E-state index in [0.717, 1.165) is 38.8 Å². The van der Waals surface area contributed by atoms with Gasteiger partial charge in [0.2, 0.25) is 5.91 Å². The van der Waals surface area contributed by atoms with Gasteiger partial charge in [0, 0.05) is 17.5 Å². The van der Waals surface area contributed by atoms with Crippen LogP contribution in [0.5, 0.6) is 5.75 Å². The summed E-state index contributed by atoms with van der Waals surface area (Å²) in [5.74, 6) is 0.808. The Bertz CT molecular complexity index is 1520. The highest BCUT2D eigenvalue weighted by molar-refractivity contribution is 6.04. The number of aromatic nitrogens is 1. The molecule has 1 aliphatic rings. The number of fused-ring (bicyclic) bond motifs is 1. The number of hydrogen-bond acceptors (Lipinski definition) is 6. The number of nitrogens with zero attached hydrogens (tertiary/aromatic N) is 2. The third kappa shape index (κ3) is 5.70. The number of carbonyl (C=O) groups is 2. The summed E-state index contributed by atoms with van der Waals surface area (Å²) in [7, 11) is 3.02. The molecular weight excluding hydrogens is 504 g/mol. The number of aryl methyl sites for hydroxylation is 1. The van der Waals surface area contributed by atoms with Gasteiger partial charge >= 0.3 is 5.97 Å². The first-order chi connectivity index (χ1) is 19.4. The molecule has 4 aromatic rings. The summed E-state index contributed by atoms with van der Waals surface area (Å²) >= 11 is 0. The van der Waals surface area contributed by atoms with Crippen molar-refractivity contribution in [1.29, 1.82) is 0 Å². The van der Waals surface area contributed by atoms with Gasteiger partial charge in [-0.2, -0.15) is 0 Å². The second-order valence-electron chi connectivity index (χ2n) is 10.4. The lowest BCUT2D eigenvalue weighted by Gasteiger charge is -2.31. The summed E-state index contributed by atoms with van der Waals surface area (Å²) < 4.78 is 10.3. The van der Waals surface area contributed by atoms with Crippen molar-refractivity contribution in [1.82, 2.24) is 4.98 Å². The number of rotatable bonds is 7. The number of pyridine rings is 1. The number of methoxy groups -OCH3 is 2. The number of aliphatic hydroxyl groups is 1. The Balaban J connectivity index is 1.49. The number of amides is 1. The summed E-state index contributed by atoms with van der Waals surface area (Å²) in [6.07, 6.45) is 3.84. The molecule has 0 radical (unpaired) electrons. The summed E-state index contributed by atoms with van der Waals surface area (Å²) in [6.45, 7) is 2.38. The number of ether oxygens (including phenoxy) is 2. The van der Waals surface area contributed by atoms with Crippen LogP contribution in [0.2, 0.25) is 0 Å². The first kappa shape index (κ1) is 27.3. The maximum Gasteiger partial charge on any atom is 0.337 e. The van der Waals surface area contributed by atoms with Gasteiger partial charge in [-0.3, -0.25) is 9.69 Å². The molecule has 5 rings (SSSR count). The summed E-state index contributed by atoms with van der Waals surface area (Å²) in [6, 6.07) is 21.4. The highest BCUT2D eigenvalue weighted by atomic mass is 16.5. The van der Waals surface area contributed by atoms with Crippen LogP contribution in [0, 0.1) is 12.8 Å². The molecule has 1 N–H and O–H groups in total. The van der Waals surface area contributed by atoms with Crippen molar-refractivity contribution in [2.45, 2.75) is 45.3 Å². The van der Waals surface area contributed by atoms with E-state index >= 15 is 0 Å². The van der Waals surface area contributed by atoms with Crippen LogP contribution in [-0.4, -0.2) is 42.3 Å². The molecule has 1 amide bonds. The van der Waals surface area contributed by atoms with E-state index in [2.05, 4.69) is 23.2 Å². The molecule has 7 heteroatoms. The van der Waals surface area contributed by atoms with E-state index < -0.39 is 5.97 Å². The van der Waals surface area contributed by atoms with Crippen LogP contribution >= 0.6 is 0 Å². The fraction of sp³-hybridized carbons (Fsp3) is 0.303. The van der Waals surface area contributed by atoms with Crippen molar-refractivity contribution in [2.24, 2.45) is 5.92 Å². The maximum atomic E-state index is 14.0. The third-order valence-corrected chi connectivity index (χ3v) is 7.75. The van der Waals surface area contributed by atoms with Gasteiger partial charge in [-0.1, -0.05) is 30.3 Å². The molecular formula is C33H34N2O5. The number of hydrogen-bond donors (Lipinski definition) is 1. The lowest BCUT2D eigenvalue weighted by molar-refractivity contribution is -0.124. The number of carbonyl (C=O) groups excluding carboxylic acids is 2. The fourth-order valence-corrected chi connectivity index (χ4v) is 5.47. The van der Waals surface area contributed by atoms with Crippen molar-refractivity contribution < 1.29 is 24.2 Å². The molecule has 3 aromatic carbocycles. The smallest absolute Gasteiger partial charge is 0.337 e. The zero-order chi connectivity index (χ0) is 28.2. The highest BCUT2D eigenvalue weighted by Gasteiger charge is 2.31. The Morgan fingerprint density at radius 2 is 1.65 bits per heavy atom. The molecule has 1 aliphatic carbocycles. The molecule has 0 saturated heterocycles. The minimum atomic E-state index is -0.416. The van der Waals surface area contributed by atoms with E-state index in [0.29, 0.717) is 43.6 Å². The monoisotopic (exact) mass is 538 g/mol. The molecule has 7 nitrogen and oxygen atoms in total. The molecule has 0 atom stereocenters. The van der Waals surface area contributed by atoms with Gasteiger partial charge in [-0.05, 0) is 96.6 Å². The average Bonchev–Trinajstić information content (AvgIpc) is 2.99. The first-order valence-electron chi connectivity index (χ1n) is 13.6. The fourth-order valence-electron chi connectivity index (χ4n) is 5.47. The van der Waals surface area contributed by atoms with Crippen molar-refractivity contribution in [2.75, 3.05) is 19.1 Å². The van der Waals surface area contributed by atoms with Gasteiger partial charge in [0.05, 0.1) is 32.4 Å². The predicted molar refractivity (Wildman–Crippen MR) is 155 cm³/mol. The Hall–Kier alpha value is -4.23. The zero-order valence-electron chi connectivity index (χ0n) is 23.1. The number of benzene rings is 3. The van der Waals surface area contributed by atoms with E-state index in [-0.39, 0.29) is 17.9 Å². The van der Waals surface area contributed by atoms with E-state index in [1.165, 1.54) is 7.11 Å². The third-order valence-electron chi connectivity index (χ3n) is 7.75. The van der Waals surface area contributed by atoms with E-state index in [1.54, 1.807) is 30.3 Å². The zero-order valence-corrected chi connectivity index (χ0v) is 23.1. The van der Waals surface area contributed by atoms with Crippen LogP contribution in [0.25, 0.3) is 21.9 Å². The standard InChI is InChI=1S/C33H34N2O5/c1-21-18-25(11-15-30(21)39-2)23-6-4-22(5-7-23)20-35(32(37)24-8-12-28(36)13-9-24)31-29-14-10-27(33(38)40-3)19-26(29)16-17-34-31/h4-7,10-11,14-19,24,28,36H,8-9,12-13,20H2,1-3H3/t24-,28-. The topological polar surface area (TPSA) is 89.0 Å². The quantitative estimate of drug-likeness (QED) is 0.287. The number of anilines is 1. The second-order valence-corrected chi connectivity index (χ2v) is 10.4. The largest absolute Gasteiger partial charge is 0.496 e. The molecule has 0 spiro atoms. The van der Waals surface area contributed by atoms with Crippen LogP contribution in [0.1, 0.15) is 47.2 Å².